The monoisotopic (exact) mass is 301 g/mol. The molecule has 0 aliphatic carbocycles. The van der Waals surface area contributed by atoms with Crippen LogP contribution in [-0.2, 0) is 6.54 Å². The average molecular weight is 301 g/mol. The first-order valence-electron chi connectivity index (χ1n) is 6.97. The lowest BCUT2D eigenvalue weighted by molar-refractivity contribution is 0.415. The van der Waals surface area contributed by atoms with E-state index in [9.17, 15) is 0 Å². The molecular weight excluding hydrogens is 282 g/mol. The van der Waals surface area contributed by atoms with E-state index in [1.165, 1.54) is 16.0 Å². The van der Waals surface area contributed by atoms with Gasteiger partial charge in [-0.3, -0.25) is 4.99 Å². The summed E-state index contributed by atoms with van der Waals surface area (Å²) in [4.78, 5) is 7.90. The summed E-state index contributed by atoms with van der Waals surface area (Å²) >= 11 is 1.77. The van der Waals surface area contributed by atoms with Gasteiger partial charge in [-0.1, -0.05) is 12.1 Å². The number of likely N-dealkylation sites (N-methyl/N-ethyl adjacent to an activating group) is 1. The second kappa shape index (κ2) is 6.18. The molecule has 3 rings (SSSR count). The second-order valence-electron chi connectivity index (χ2n) is 5.01. The quantitative estimate of drug-likeness (QED) is 0.943. The van der Waals surface area contributed by atoms with Crippen LogP contribution in [0.1, 0.15) is 4.88 Å². The smallest absolute Gasteiger partial charge is 0.194 e. The minimum Gasteiger partial charge on any atom is -0.497 e. The van der Waals surface area contributed by atoms with Crippen LogP contribution in [0.2, 0.25) is 0 Å². The molecule has 1 N–H and O–H groups in total. The number of methoxy groups -OCH3 is 1. The Morgan fingerprint density at radius 3 is 2.76 bits per heavy atom. The maximum atomic E-state index is 5.19. The lowest BCUT2D eigenvalue weighted by Gasteiger charge is -2.14. The van der Waals surface area contributed by atoms with Gasteiger partial charge < -0.3 is 15.0 Å². The van der Waals surface area contributed by atoms with Crippen molar-refractivity contribution in [1.82, 2.24) is 10.2 Å². The van der Waals surface area contributed by atoms with E-state index in [-0.39, 0.29) is 0 Å². The lowest BCUT2D eigenvalue weighted by Crippen LogP contribution is -2.34. The van der Waals surface area contributed by atoms with Gasteiger partial charge in [0, 0.05) is 18.5 Å². The molecule has 5 heteroatoms. The van der Waals surface area contributed by atoms with Gasteiger partial charge in [0.25, 0.3) is 0 Å². The minimum absolute atomic E-state index is 0.823. The van der Waals surface area contributed by atoms with Gasteiger partial charge in [-0.15, -0.1) is 11.3 Å². The lowest BCUT2D eigenvalue weighted by atomic mass is 10.1. The van der Waals surface area contributed by atoms with Gasteiger partial charge in [-0.2, -0.15) is 0 Å². The summed E-state index contributed by atoms with van der Waals surface area (Å²) in [5.74, 6) is 1.88. The topological polar surface area (TPSA) is 36.9 Å². The maximum Gasteiger partial charge on any atom is 0.194 e. The molecule has 1 aromatic carbocycles. The highest BCUT2D eigenvalue weighted by Gasteiger charge is 2.12. The van der Waals surface area contributed by atoms with Gasteiger partial charge in [0.2, 0.25) is 0 Å². The molecular formula is C16H19N3OS. The number of guanidine groups is 1. The van der Waals surface area contributed by atoms with Gasteiger partial charge in [0.05, 0.1) is 20.2 Å². The Kier molecular flexibility index (Phi) is 4.10. The summed E-state index contributed by atoms with van der Waals surface area (Å²) in [7, 11) is 3.75. The van der Waals surface area contributed by atoms with E-state index in [1.807, 2.05) is 12.1 Å². The van der Waals surface area contributed by atoms with Gasteiger partial charge in [0.1, 0.15) is 5.75 Å². The molecule has 0 bridgehead atoms. The first-order valence-corrected chi connectivity index (χ1v) is 7.85. The van der Waals surface area contributed by atoms with Crippen LogP contribution in [-0.4, -0.2) is 38.1 Å². The third kappa shape index (κ3) is 3.19. The molecule has 0 atom stereocenters. The Hall–Kier alpha value is -2.01. The molecule has 4 nitrogen and oxygen atoms in total. The van der Waals surface area contributed by atoms with Gasteiger partial charge in [-0.05, 0) is 34.7 Å². The van der Waals surface area contributed by atoms with Crippen LogP contribution in [0, 0.1) is 0 Å². The second-order valence-corrected chi connectivity index (χ2v) is 6.01. The molecule has 1 aliphatic rings. The molecule has 0 saturated carbocycles. The molecule has 1 aromatic heterocycles. The Morgan fingerprint density at radius 1 is 1.29 bits per heavy atom. The number of aliphatic imine (C=N–C) groups is 1. The molecule has 1 aliphatic heterocycles. The molecule has 0 spiro atoms. The summed E-state index contributed by atoms with van der Waals surface area (Å²) in [5, 5.41) is 5.59. The summed E-state index contributed by atoms with van der Waals surface area (Å²) in [6.07, 6.45) is 0. The summed E-state index contributed by atoms with van der Waals surface area (Å²) in [6.45, 7) is 2.72. The zero-order valence-electron chi connectivity index (χ0n) is 12.3. The highest BCUT2D eigenvalue weighted by atomic mass is 32.1. The van der Waals surface area contributed by atoms with Crippen molar-refractivity contribution in [3.63, 3.8) is 0 Å². The van der Waals surface area contributed by atoms with Crippen molar-refractivity contribution in [3.8, 4) is 16.9 Å². The predicted molar refractivity (Wildman–Crippen MR) is 88.1 cm³/mol. The van der Waals surface area contributed by atoms with E-state index >= 15 is 0 Å². The van der Waals surface area contributed by atoms with Crippen LogP contribution >= 0.6 is 11.3 Å². The van der Waals surface area contributed by atoms with Crippen molar-refractivity contribution in [1.29, 1.82) is 0 Å². The van der Waals surface area contributed by atoms with Gasteiger partial charge in [0.15, 0.2) is 5.96 Å². The Bertz CT molecular complexity index is 633. The van der Waals surface area contributed by atoms with Crippen LogP contribution < -0.4 is 10.1 Å². The molecule has 0 fully saturated rings. The Balaban J connectivity index is 1.65. The third-order valence-corrected chi connectivity index (χ3v) is 4.49. The van der Waals surface area contributed by atoms with Crippen molar-refractivity contribution in [2.24, 2.45) is 4.99 Å². The van der Waals surface area contributed by atoms with Crippen molar-refractivity contribution in [3.05, 3.63) is 40.6 Å². The molecule has 0 unspecified atom stereocenters. The largest absolute Gasteiger partial charge is 0.497 e. The normalized spacial score (nSPS) is 14.2. The zero-order chi connectivity index (χ0) is 14.7. The third-order valence-electron chi connectivity index (χ3n) is 3.56. The van der Waals surface area contributed by atoms with Crippen LogP contribution in [0.5, 0.6) is 5.75 Å². The molecule has 2 aromatic rings. The molecule has 110 valence electrons. The van der Waals surface area contributed by atoms with E-state index < -0.39 is 0 Å². The summed E-state index contributed by atoms with van der Waals surface area (Å²) in [5.41, 5.74) is 2.47. The number of nitrogens with zero attached hydrogens (tertiary/aromatic N) is 2. The van der Waals surface area contributed by atoms with E-state index in [0.717, 1.165) is 31.3 Å². The van der Waals surface area contributed by atoms with E-state index in [2.05, 4.69) is 45.8 Å². The van der Waals surface area contributed by atoms with Crippen LogP contribution in [0.25, 0.3) is 11.1 Å². The van der Waals surface area contributed by atoms with E-state index in [0.29, 0.717) is 0 Å². The number of ether oxygens (including phenoxy) is 1. The fourth-order valence-corrected chi connectivity index (χ4v) is 3.13. The zero-order valence-corrected chi connectivity index (χ0v) is 13.1. The molecule has 2 heterocycles. The summed E-state index contributed by atoms with van der Waals surface area (Å²) in [6, 6.07) is 10.4. The van der Waals surface area contributed by atoms with Crippen LogP contribution in [0.15, 0.2) is 40.7 Å². The van der Waals surface area contributed by atoms with Crippen molar-refractivity contribution >= 4 is 17.3 Å². The predicted octanol–water partition coefficient (Wildman–Crippen LogP) is 2.81. The van der Waals surface area contributed by atoms with Crippen LogP contribution in [0.3, 0.4) is 0 Å². The number of rotatable bonds is 4. The number of nitrogens with one attached hydrogen (secondary N) is 1. The Morgan fingerprint density at radius 2 is 2.10 bits per heavy atom. The molecule has 21 heavy (non-hydrogen) atoms. The number of hydrogen-bond donors (Lipinski definition) is 1. The maximum absolute atomic E-state index is 5.19. The average Bonchev–Trinajstić information content (AvgIpc) is 3.14. The molecule has 0 radical (unpaired) electrons. The van der Waals surface area contributed by atoms with E-state index in [4.69, 9.17) is 4.74 Å². The SMILES string of the molecule is COc1ccc(-c2csc(CNC3=NCCN3C)c2)cc1. The van der Waals surface area contributed by atoms with Gasteiger partial charge >= 0.3 is 0 Å². The minimum atomic E-state index is 0.823. The molecule has 0 amide bonds. The van der Waals surface area contributed by atoms with Gasteiger partial charge in [-0.25, -0.2) is 0 Å². The first-order chi connectivity index (χ1) is 10.3. The number of thiophene rings is 1. The standard InChI is InChI=1S/C16H19N3OS/c1-19-8-7-17-16(19)18-10-15-9-13(11-21-15)12-3-5-14(20-2)6-4-12/h3-6,9,11H,7-8,10H2,1-2H3,(H,17,18). The van der Waals surface area contributed by atoms with Crippen molar-refractivity contribution < 1.29 is 4.74 Å². The fraction of sp³-hybridized carbons (Fsp3) is 0.312. The Labute approximate surface area is 129 Å². The highest BCUT2D eigenvalue weighted by Crippen LogP contribution is 2.27. The summed E-state index contributed by atoms with van der Waals surface area (Å²) < 4.78 is 5.19. The van der Waals surface area contributed by atoms with E-state index in [1.54, 1.807) is 18.4 Å². The molecule has 0 saturated heterocycles. The van der Waals surface area contributed by atoms with Crippen molar-refractivity contribution in [2.75, 3.05) is 27.2 Å². The highest BCUT2D eigenvalue weighted by molar-refractivity contribution is 7.10. The number of benzene rings is 1. The number of hydrogen-bond acceptors (Lipinski definition) is 5. The van der Waals surface area contributed by atoms with Crippen molar-refractivity contribution in [2.45, 2.75) is 6.54 Å². The van der Waals surface area contributed by atoms with Crippen LogP contribution in [0.4, 0.5) is 0 Å². The first kappa shape index (κ1) is 13.9. The fourth-order valence-electron chi connectivity index (χ4n) is 2.30.